The van der Waals surface area contributed by atoms with Gasteiger partial charge in [-0.3, -0.25) is 15.0 Å². The third-order valence-electron chi connectivity index (χ3n) is 2.80. The molecule has 0 aromatic rings. The van der Waals surface area contributed by atoms with Crippen LogP contribution < -0.4 is 10.6 Å². The maximum atomic E-state index is 11.7. The molecule has 0 aliphatic heterocycles. The molecule has 0 bridgehead atoms. The minimum absolute atomic E-state index is 0.212. The standard InChI is InChI=1S/C13H25N3O2/c1-4-7-14-13(18)15-12(17)9-16(8-10(2)3)11-5-6-11/h10-11H,4-9H2,1-3H3,(H2,14,15,17,18). The quantitative estimate of drug-likeness (QED) is 0.721. The van der Waals surface area contributed by atoms with Crippen molar-refractivity contribution in [3.8, 4) is 0 Å². The molecule has 0 unspecified atom stereocenters. The number of carbonyl (C=O) groups excluding carboxylic acids is 2. The fourth-order valence-electron chi connectivity index (χ4n) is 1.88. The van der Waals surface area contributed by atoms with Crippen LogP contribution in [-0.2, 0) is 4.79 Å². The van der Waals surface area contributed by atoms with Crippen LogP contribution in [0.2, 0.25) is 0 Å². The van der Waals surface area contributed by atoms with Gasteiger partial charge in [-0.15, -0.1) is 0 Å². The second kappa shape index (κ2) is 7.36. The Labute approximate surface area is 109 Å². The molecule has 0 atom stereocenters. The molecule has 1 aliphatic carbocycles. The molecule has 0 spiro atoms. The first-order valence-electron chi connectivity index (χ1n) is 6.84. The van der Waals surface area contributed by atoms with Crippen molar-refractivity contribution >= 4 is 11.9 Å². The van der Waals surface area contributed by atoms with Crippen LogP contribution in [0.5, 0.6) is 0 Å². The Bertz CT molecular complexity index is 288. The van der Waals surface area contributed by atoms with Gasteiger partial charge in [-0.25, -0.2) is 4.79 Å². The van der Waals surface area contributed by atoms with Gasteiger partial charge in [-0.2, -0.15) is 0 Å². The summed E-state index contributed by atoms with van der Waals surface area (Å²) < 4.78 is 0. The third kappa shape index (κ3) is 6.00. The average Bonchev–Trinajstić information content (AvgIpc) is 3.08. The summed E-state index contributed by atoms with van der Waals surface area (Å²) in [5.41, 5.74) is 0. The van der Waals surface area contributed by atoms with Crippen molar-refractivity contribution in [2.45, 2.75) is 46.1 Å². The lowest BCUT2D eigenvalue weighted by Gasteiger charge is -2.23. The number of carbonyl (C=O) groups is 2. The Morgan fingerprint density at radius 2 is 2.00 bits per heavy atom. The predicted molar refractivity (Wildman–Crippen MR) is 71.3 cm³/mol. The highest BCUT2D eigenvalue weighted by Crippen LogP contribution is 2.27. The highest BCUT2D eigenvalue weighted by molar-refractivity contribution is 5.95. The van der Waals surface area contributed by atoms with Gasteiger partial charge in [-0.1, -0.05) is 20.8 Å². The summed E-state index contributed by atoms with van der Waals surface area (Å²) in [6, 6.07) is 0.152. The second-order valence-corrected chi connectivity index (χ2v) is 5.36. The van der Waals surface area contributed by atoms with E-state index in [1.165, 1.54) is 12.8 Å². The summed E-state index contributed by atoms with van der Waals surface area (Å²) in [5, 5.41) is 5.00. The average molecular weight is 255 g/mol. The van der Waals surface area contributed by atoms with Crippen molar-refractivity contribution < 1.29 is 9.59 Å². The van der Waals surface area contributed by atoms with E-state index in [0.717, 1.165) is 13.0 Å². The molecule has 5 nitrogen and oxygen atoms in total. The summed E-state index contributed by atoms with van der Waals surface area (Å²) in [4.78, 5) is 25.2. The van der Waals surface area contributed by atoms with Gasteiger partial charge in [0, 0.05) is 19.1 Å². The van der Waals surface area contributed by atoms with Crippen molar-refractivity contribution in [1.82, 2.24) is 15.5 Å². The highest BCUT2D eigenvalue weighted by Gasteiger charge is 2.30. The summed E-state index contributed by atoms with van der Waals surface area (Å²) in [6.45, 7) is 8.08. The maximum absolute atomic E-state index is 11.7. The SMILES string of the molecule is CCCNC(=O)NC(=O)CN(CC(C)C)C1CC1. The number of hydrogen-bond acceptors (Lipinski definition) is 3. The number of hydrogen-bond donors (Lipinski definition) is 2. The lowest BCUT2D eigenvalue weighted by atomic mass is 10.2. The van der Waals surface area contributed by atoms with Gasteiger partial charge in [0.1, 0.15) is 0 Å². The Morgan fingerprint density at radius 3 is 2.50 bits per heavy atom. The van der Waals surface area contributed by atoms with E-state index < -0.39 is 0 Å². The number of imide groups is 1. The van der Waals surface area contributed by atoms with Gasteiger partial charge >= 0.3 is 6.03 Å². The van der Waals surface area contributed by atoms with Crippen LogP contribution in [0.1, 0.15) is 40.0 Å². The van der Waals surface area contributed by atoms with Crippen LogP contribution in [0, 0.1) is 5.92 Å². The van der Waals surface area contributed by atoms with Crippen LogP contribution in [0.4, 0.5) is 4.79 Å². The summed E-state index contributed by atoms with van der Waals surface area (Å²) in [6.07, 6.45) is 3.20. The lowest BCUT2D eigenvalue weighted by molar-refractivity contribution is -0.121. The van der Waals surface area contributed by atoms with Crippen molar-refractivity contribution in [2.24, 2.45) is 5.92 Å². The van der Waals surface area contributed by atoms with Crippen LogP contribution >= 0.6 is 0 Å². The summed E-state index contributed by atoms with van der Waals surface area (Å²) in [7, 11) is 0. The molecule has 1 rings (SSSR count). The summed E-state index contributed by atoms with van der Waals surface area (Å²) in [5.74, 6) is 0.323. The van der Waals surface area contributed by atoms with Gasteiger partial charge in [0.25, 0.3) is 0 Å². The van der Waals surface area contributed by atoms with E-state index in [1.807, 2.05) is 6.92 Å². The van der Waals surface area contributed by atoms with Crippen LogP contribution in [0.25, 0.3) is 0 Å². The third-order valence-corrected chi connectivity index (χ3v) is 2.80. The van der Waals surface area contributed by atoms with E-state index in [2.05, 4.69) is 29.4 Å². The minimum Gasteiger partial charge on any atom is -0.338 e. The Morgan fingerprint density at radius 1 is 1.33 bits per heavy atom. The molecular formula is C13H25N3O2. The van der Waals surface area contributed by atoms with Gasteiger partial charge in [-0.05, 0) is 25.2 Å². The molecule has 18 heavy (non-hydrogen) atoms. The monoisotopic (exact) mass is 255 g/mol. The zero-order valence-corrected chi connectivity index (χ0v) is 11.7. The Hall–Kier alpha value is -1.10. The normalized spacial score (nSPS) is 14.9. The van der Waals surface area contributed by atoms with E-state index in [0.29, 0.717) is 25.0 Å². The van der Waals surface area contributed by atoms with Crippen LogP contribution in [0.3, 0.4) is 0 Å². The fourth-order valence-corrected chi connectivity index (χ4v) is 1.88. The van der Waals surface area contributed by atoms with Crippen molar-refractivity contribution in [2.75, 3.05) is 19.6 Å². The smallest absolute Gasteiger partial charge is 0.321 e. The molecule has 1 fully saturated rings. The summed E-state index contributed by atoms with van der Waals surface area (Å²) >= 11 is 0. The van der Waals surface area contributed by atoms with Gasteiger partial charge in [0.05, 0.1) is 6.54 Å². The zero-order chi connectivity index (χ0) is 13.5. The lowest BCUT2D eigenvalue weighted by Crippen LogP contribution is -2.45. The molecule has 0 saturated heterocycles. The molecule has 0 aromatic carbocycles. The molecule has 0 heterocycles. The van der Waals surface area contributed by atoms with E-state index in [4.69, 9.17) is 0 Å². The van der Waals surface area contributed by atoms with Crippen LogP contribution in [-0.4, -0.2) is 42.5 Å². The van der Waals surface area contributed by atoms with Crippen molar-refractivity contribution in [3.05, 3.63) is 0 Å². The zero-order valence-electron chi connectivity index (χ0n) is 11.7. The van der Waals surface area contributed by atoms with E-state index in [1.54, 1.807) is 0 Å². The molecule has 1 saturated carbocycles. The number of urea groups is 1. The first-order chi connectivity index (χ1) is 8.52. The van der Waals surface area contributed by atoms with E-state index >= 15 is 0 Å². The Balaban J connectivity index is 2.29. The molecule has 0 aromatic heterocycles. The maximum Gasteiger partial charge on any atom is 0.321 e. The molecule has 0 radical (unpaired) electrons. The second-order valence-electron chi connectivity index (χ2n) is 5.36. The van der Waals surface area contributed by atoms with Gasteiger partial charge in [0.15, 0.2) is 0 Å². The minimum atomic E-state index is -0.387. The topological polar surface area (TPSA) is 61.4 Å². The first kappa shape index (κ1) is 15.0. The van der Waals surface area contributed by atoms with Gasteiger partial charge in [0.2, 0.25) is 5.91 Å². The largest absolute Gasteiger partial charge is 0.338 e. The van der Waals surface area contributed by atoms with Gasteiger partial charge < -0.3 is 5.32 Å². The molecule has 3 amide bonds. The predicted octanol–water partition coefficient (Wildman–Crippen LogP) is 1.34. The fraction of sp³-hybridized carbons (Fsp3) is 0.846. The molecule has 104 valence electrons. The van der Waals surface area contributed by atoms with Crippen molar-refractivity contribution in [3.63, 3.8) is 0 Å². The molecule has 5 heteroatoms. The van der Waals surface area contributed by atoms with Crippen LogP contribution in [0.15, 0.2) is 0 Å². The highest BCUT2D eigenvalue weighted by atomic mass is 16.2. The van der Waals surface area contributed by atoms with E-state index in [9.17, 15) is 9.59 Å². The molecule has 2 N–H and O–H groups in total. The number of nitrogens with one attached hydrogen (secondary N) is 2. The first-order valence-corrected chi connectivity index (χ1v) is 6.84. The number of nitrogens with zero attached hydrogens (tertiary/aromatic N) is 1. The van der Waals surface area contributed by atoms with Crippen molar-refractivity contribution in [1.29, 1.82) is 0 Å². The molecule has 1 aliphatic rings. The van der Waals surface area contributed by atoms with E-state index in [-0.39, 0.29) is 11.9 Å². The number of rotatable bonds is 7. The molecular weight excluding hydrogens is 230 g/mol. The Kier molecular flexibility index (Phi) is 6.12. The number of amides is 3.